The Morgan fingerprint density at radius 2 is 1.88 bits per heavy atom. The van der Waals surface area contributed by atoms with Crippen LogP contribution < -0.4 is 0 Å². The molecule has 0 aromatic heterocycles. The van der Waals surface area contributed by atoms with E-state index in [2.05, 4.69) is 20.2 Å². The van der Waals surface area contributed by atoms with Crippen molar-refractivity contribution < 1.29 is 13.2 Å². The van der Waals surface area contributed by atoms with Crippen molar-refractivity contribution in [2.75, 3.05) is 51.6 Å². The highest BCUT2D eigenvalue weighted by atomic mass is 35.5. The first-order chi connectivity index (χ1) is 15.9. The Labute approximate surface area is 203 Å². The van der Waals surface area contributed by atoms with E-state index in [-0.39, 0.29) is 11.7 Å². The second-order valence-corrected chi connectivity index (χ2v) is 11.8. The van der Waals surface area contributed by atoms with Crippen LogP contribution in [0.15, 0.2) is 57.4 Å². The summed E-state index contributed by atoms with van der Waals surface area (Å²) in [6.07, 6.45) is 0.419. The number of carbonyl (C=O) groups is 1. The first kappa shape index (κ1) is 22.7. The minimum atomic E-state index is -3.42. The van der Waals surface area contributed by atoms with Gasteiger partial charge in [-0.25, -0.2) is 8.42 Å². The molecule has 7 nitrogen and oxygen atoms in total. The summed E-state index contributed by atoms with van der Waals surface area (Å²) in [5.74, 6) is 0.0728. The fourth-order valence-corrected chi connectivity index (χ4v) is 6.86. The van der Waals surface area contributed by atoms with Crippen molar-refractivity contribution in [3.8, 4) is 0 Å². The Hall–Kier alpha value is -2.07. The van der Waals surface area contributed by atoms with Crippen molar-refractivity contribution in [1.29, 1.82) is 0 Å². The highest BCUT2D eigenvalue weighted by molar-refractivity contribution is 8.16. The van der Waals surface area contributed by atoms with Crippen LogP contribution in [0.1, 0.15) is 6.42 Å². The van der Waals surface area contributed by atoms with Crippen LogP contribution in [0.2, 0.25) is 5.02 Å². The van der Waals surface area contributed by atoms with Crippen LogP contribution in [0.25, 0.3) is 10.8 Å². The van der Waals surface area contributed by atoms with Crippen molar-refractivity contribution in [1.82, 2.24) is 14.7 Å². The number of nitrogens with zero attached hydrogens (tertiary/aromatic N) is 4. The molecular formula is C23H25ClN4O3S2. The fraction of sp³-hybridized carbons (Fsp3) is 0.391. The molecule has 0 saturated carbocycles. The summed E-state index contributed by atoms with van der Waals surface area (Å²) >= 11 is 7.66. The highest BCUT2D eigenvalue weighted by Crippen LogP contribution is 2.29. The lowest BCUT2D eigenvalue weighted by Crippen LogP contribution is -2.51. The maximum absolute atomic E-state index is 12.8. The normalized spacial score (nSPS) is 19.2. The zero-order valence-electron chi connectivity index (χ0n) is 18.1. The van der Waals surface area contributed by atoms with Gasteiger partial charge in [-0.05, 0) is 46.9 Å². The summed E-state index contributed by atoms with van der Waals surface area (Å²) in [5.41, 5.74) is 1.21. The third-order valence-electron chi connectivity index (χ3n) is 6.21. The van der Waals surface area contributed by atoms with Crippen LogP contribution in [-0.4, -0.2) is 85.8 Å². The number of hydrogen-bond acceptors (Lipinski definition) is 7. The summed E-state index contributed by atoms with van der Waals surface area (Å²) in [6, 6.07) is 10.5. The highest BCUT2D eigenvalue weighted by Gasteiger charge is 2.30. The Bertz CT molecular complexity index is 1260. The molecule has 33 heavy (non-hydrogen) atoms. The molecular weight excluding hydrogens is 480 g/mol. The standard InChI is InChI=1S/C23H25ClN4O3S2/c24-19-4-2-18-13-21(5-3-17(18)12-19)33(30,31)11-1-7-27-10-9-26(15-22(27)29)14-20-16-32-23-25-6-8-28(20)23/h2-5,12-13,16H,1,6-11,14-15H2. The average molecular weight is 505 g/mol. The van der Waals surface area contributed by atoms with Crippen LogP contribution >= 0.6 is 23.4 Å². The maximum atomic E-state index is 12.8. The molecule has 0 aliphatic carbocycles. The van der Waals surface area contributed by atoms with E-state index in [0.717, 1.165) is 42.1 Å². The number of thioether (sulfide) groups is 1. The van der Waals surface area contributed by atoms with Gasteiger partial charge in [-0.1, -0.05) is 35.5 Å². The lowest BCUT2D eigenvalue weighted by molar-refractivity contribution is -0.135. The quantitative estimate of drug-likeness (QED) is 0.577. The number of carbonyl (C=O) groups excluding carboxylic acids is 1. The first-order valence-electron chi connectivity index (χ1n) is 11.0. The third kappa shape index (κ3) is 4.91. The monoisotopic (exact) mass is 504 g/mol. The number of hydrogen-bond donors (Lipinski definition) is 0. The molecule has 2 aromatic carbocycles. The van der Waals surface area contributed by atoms with Crippen molar-refractivity contribution in [2.45, 2.75) is 11.3 Å². The van der Waals surface area contributed by atoms with Crippen LogP contribution in [0.4, 0.5) is 0 Å². The molecule has 3 aliphatic heterocycles. The van der Waals surface area contributed by atoms with Gasteiger partial charge in [0.15, 0.2) is 15.0 Å². The number of sulfone groups is 1. The van der Waals surface area contributed by atoms with E-state index in [4.69, 9.17) is 11.6 Å². The molecule has 1 fully saturated rings. The largest absolute Gasteiger partial charge is 0.340 e. The predicted molar refractivity (Wildman–Crippen MR) is 133 cm³/mol. The van der Waals surface area contributed by atoms with E-state index < -0.39 is 9.84 Å². The number of rotatable bonds is 7. The van der Waals surface area contributed by atoms with Gasteiger partial charge in [-0.2, -0.15) is 0 Å². The minimum absolute atomic E-state index is 0.0147. The average Bonchev–Trinajstić information content (AvgIpc) is 3.40. The van der Waals surface area contributed by atoms with Crippen molar-refractivity contribution >= 4 is 55.0 Å². The van der Waals surface area contributed by atoms with Gasteiger partial charge in [0.1, 0.15) is 0 Å². The molecule has 0 bridgehead atoms. The van der Waals surface area contributed by atoms with Gasteiger partial charge in [0.25, 0.3) is 0 Å². The van der Waals surface area contributed by atoms with Crippen molar-refractivity contribution in [2.24, 2.45) is 4.99 Å². The topological polar surface area (TPSA) is 73.3 Å². The number of fused-ring (bicyclic) bond motifs is 2. The van der Waals surface area contributed by atoms with E-state index in [0.29, 0.717) is 36.0 Å². The number of benzene rings is 2. The fourth-order valence-electron chi connectivity index (χ4n) is 4.41. The Balaban J connectivity index is 1.12. The molecule has 1 saturated heterocycles. The lowest BCUT2D eigenvalue weighted by atomic mass is 10.1. The molecule has 5 rings (SSSR count). The van der Waals surface area contributed by atoms with Gasteiger partial charge in [0, 0.05) is 43.4 Å². The lowest BCUT2D eigenvalue weighted by Gasteiger charge is -2.35. The van der Waals surface area contributed by atoms with Crippen LogP contribution in [0.5, 0.6) is 0 Å². The second-order valence-electron chi connectivity index (χ2n) is 8.46. The summed E-state index contributed by atoms with van der Waals surface area (Å²) in [5, 5.41) is 5.56. The molecule has 3 heterocycles. The Morgan fingerprint density at radius 1 is 1.06 bits per heavy atom. The van der Waals surface area contributed by atoms with Gasteiger partial charge in [0.05, 0.1) is 23.7 Å². The minimum Gasteiger partial charge on any atom is -0.340 e. The zero-order chi connectivity index (χ0) is 23.0. The van der Waals surface area contributed by atoms with Gasteiger partial charge in [-0.15, -0.1) is 0 Å². The molecule has 174 valence electrons. The molecule has 3 aliphatic rings. The first-order valence-corrected chi connectivity index (χ1v) is 13.9. The summed E-state index contributed by atoms with van der Waals surface area (Å²) < 4.78 is 25.7. The molecule has 0 radical (unpaired) electrons. The van der Waals surface area contributed by atoms with E-state index in [1.807, 2.05) is 12.1 Å². The molecule has 0 N–H and O–H groups in total. The van der Waals surface area contributed by atoms with Gasteiger partial charge >= 0.3 is 0 Å². The van der Waals surface area contributed by atoms with Crippen LogP contribution in [0.3, 0.4) is 0 Å². The second kappa shape index (κ2) is 9.29. The van der Waals surface area contributed by atoms with E-state index in [1.54, 1.807) is 40.9 Å². The number of amides is 1. The molecule has 0 spiro atoms. The van der Waals surface area contributed by atoms with Crippen molar-refractivity contribution in [3.63, 3.8) is 0 Å². The Morgan fingerprint density at radius 3 is 2.73 bits per heavy atom. The molecule has 0 atom stereocenters. The molecule has 10 heteroatoms. The number of aliphatic imine (C=N–C) groups is 1. The maximum Gasteiger partial charge on any atom is 0.236 e. The van der Waals surface area contributed by atoms with E-state index >= 15 is 0 Å². The van der Waals surface area contributed by atoms with E-state index in [9.17, 15) is 13.2 Å². The molecule has 0 unspecified atom stereocenters. The smallest absolute Gasteiger partial charge is 0.236 e. The number of amidine groups is 1. The van der Waals surface area contributed by atoms with Crippen LogP contribution in [-0.2, 0) is 14.6 Å². The third-order valence-corrected chi connectivity index (χ3v) is 9.19. The van der Waals surface area contributed by atoms with Gasteiger partial charge < -0.3 is 9.80 Å². The van der Waals surface area contributed by atoms with E-state index in [1.165, 1.54) is 5.70 Å². The van der Waals surface area contributed by atoms with Gasteiger partial charge in [-0.3, -0.25) is 14.7 Å². The van der Waals surface area contributed by atoms with Crippen LogP contribution in [0, 0.1) is 0 Å². The zero-order valence-corrected chi connectivity index (χ0v) is 20.5. The number of piperazine rings is 1. The van der Waals surface area contributed by atoms with Gasteiger partial charge in [0.2, 0.25) is 5.91 Å². The SMILES string of the molecule is O=C1CN(CC2=CSC3=NCCN23)CCN1CCCS(=O)(=O)c1ccc2cc(Cl)ccc2c1. The predicted octanol–water partition coefficient (Wildman–Crippen LogP) is 3.06. The molecule has 2 aromatic rings. The van der Waals surface area contributed by atoms with Crippen molar-refractivity contribution in [3.05, 3.63) is 52.5 Å². The molecule has 1 amide bonds. The Kier molecular flexibility index (Phi) is 6.39. The number of halogens is 1. The summed E-state index contributed by atoms with van der Waals surface area (Å²) in [7, 11) is -3.42. The summed E-state index contributed by atoms with van der Waals surface area (Å²) in [6.45, 7) is 4.72. The summed E-state index contributed by atoms with van der Waals surface area (Å²) in [4.78, 5) is 23.6.